The molecule has 1 N–H and O–H groups in total. The molecular formula is C27H26FN7OS. The molecule has 0 aliphatic carbocycles. The van der Waals surface area contributed by atoms with Gasteiger partial charge in [0, 0.05) is 37.1 Å². The van der Waals surface area contributed by atoms with Crippen LogP contribution in [-0.2, 0) is 11.3 Å². The number of nitrogens with zero attached hydrogens (tertiary/aromatic N) is 6. The Morgan fingerprint density at radius 2 is 2.05 bits per heavy atom. The quantitative estimate of drug-likeness (QED) is 0.382. The van der Waals surface area contributed by atoms with E-state index in [0.29, 0.717) is 43.1 Å². The van der Waals surface area contributed by atoms with Crippen LogP contribution in [0.3, 0.4) is 0 Å². The number of hydrogen-bond donors (Lipinski definition) is 1. The molecule has 4 heterocycles. The van der Waals surface area contributed by atoms with Crippen LogP contribution in [0.5, 0.6) is 0 Å². The van der Waals surface area contributed by atoms with Crippen molar-refractivity contribution in [2.75, 3.05) is 31.6 Å². The number of likely N-dealkylation sites (N-methyl/N-ethyl adjacent to an activating group) is 1. The van der Waals surface area contributed by atoms with Crippen LogP contribution in [0, 0.1) is 12.7 Å². The van der Waals surface area contributed by atoms with Crippen molar-refractivity contribution >= 4 is 44.2 Å². The number of halogens is 1. The Labute approximate surface area is 217 Å². The molecule has 2 aromatic carbocycles. The number of benzene rings is 2. The molecule has 0 radical (unpaired) electrons. The maximum Gasteiger partial charge on any atom is 0.239 e. The number of hydrogen-bond acceptors (Lipinski definition) is 7. The van der Waals surface area contributed by atoms with Gasteiger partial charge in [-0.1, -0.05) is 12.1 Å². The number of rotatable bonds is 5. The summed E-state index contributed by atoms with van der Waals surface area (Å²) in [7, 11) is 1.97. The zero-order valence-corrected chi connectivity index (χ0v) is 21.4. The Morgan fingerprint density at radius 3 is 2.92 bits per heavy atom. The number of aryl methyl sites for hydroxylation is 1. The Bertz CT molecular complexity index is 1610. The van der Waals surface area contributed by atoms with Gasteiger partial charge in [0.05, 0.1) is 11.1 Å². The van der Waals surface area contributed by atoms with Gasteiger partial charge in [-0.15, -0.1) is 16.4 Å². The zero-order valence-electron chi connectivity index (χ0n) is 20.6. The summed E-state index contributed by atoms with van der Waals surface area (Å²) in [6.07, 6.45) is 3.31. The van der Waals surface area contributed by atoms with E-state index in [1.54, 1.807) is 29.0 Å². The van der Waals surface area contributed by atoms with Gasteiger partial charge in [-0.2, -0.15) is 0 Å². The highest BCUT2D eigenvalue weighted by Gasteiger charge is 2.31. The van der Waals surface area contributed by atoms with Gasteiger partial charge in [0.25, 0.3) is 0 Å². The van der Waals surface area contributed by atoms with Crippen molar-refractivity contribution in [2.24, 2.45) is 0 Å². The number of piperazine rings is 1. The van der Waals surface area contributed by atoms with Gasteiger partial charge in [0.15, 0.2) is 5.65 Å². The number of fused-ring (bicyclic) bond motifs is 2. The molecule has 0 saturated carbocycles. The highest BCUT2D eigenvalue weighted by Crippen LogP contribution is 2.26. The molecule has 6 rings (SSSR count). The van der Waals surface area contributed by atoms with Gasteiger partial charge >= 0.3 is 0 Å². The standard InChI is InChI=1S/C27H26FN7OS/c1-17-3-5-20(12-22(17)28)35-14-21-25(32-35)30-16-31-26(21)34-9-8-33(2)23(15-34)27(36)29-13-18-4-6-24-19(11-18)7-10-37-24/h3-7,10-12,14,16,23H,8-9,13,15H2,1-2H3,(H,29,36)/t23-/m1/s1. The summed E-state index contributed by atoms with van der Waals surface area (Å²) in [6, 6.07) is 13.1. The van der Waals surface area contributed by atoms with Gasteiger partial charge in [0.2, 0.25) is 5.91 Å². The van der Waals surface area contributed by atoms with E-state index in [2.05, 4.69) is 59.8 Å². The summed E-state index contributed by atoms with van der Waals surface area (Å²) >= 11 is 1.71. The molecule has 37 heavy (non-hydrogen) atoms. The lowest BCUT2D eigenvalue weighted by Crippen LogP contribution is -2.57. The summed E-state index contributed by atoms with van der Waals surface area (Å²) < 4.78 is 17.0. The van der Waals surface area contributed by atoms with Crippen LogP contribution < -0.4 is 10.2 Å². The number of anilines is 1. The van der Waals surface area contributed by atoms with E-state index in [0.717, 1.165) is 16.8 Å². The summed E-state index contributed by atoms with van der Waals surface area (Å²) in [5.41, 5.74) is 2.79. The Hall–Kier alpha value is -3.89. The third kappa shape index (κ3) is 4.54. The van der Waals surface area contributed by atoms with E-state index in [4.69, 9.17) is 0 Å². The van der Waals surface area contributed by atoms with Gasteiger partial charge in [0.1, 0.15) is 24.0 Å². The smallest absolute Gasteiger partial charge is 0.239 e. The van der Waals surface area contributed by atoms with Gasteiger partial charge in [-0.3, -0.25) is 9.69 Å². The first-order chi connectivity index (χ1) is 18.0. The van der Waals surface area contributed by atoms with Crippen molar-refractivity contribution in [3.63, 3.8) is 0 Å². The maximum atomic E-state index is 14.2. The molecule has 10 heteroatoms. The predicted octanol–water partition coefficient (Wildman–Crippen LogP) is 3.91. The third-order valence-corrected chi connectivity index (χ3v) is 7.85. The summed E-state index contributed by atoms with van der Waals surface area (Å²) in [4.78, 5) is 26.3. The normalized spacial score (nSPS) is 16.5. The van der Waals surface area contributed by atoms with Crippen molar-refractivity contribution in [2.45, 2.75) is 19.5 Å². The SMILES string of the molecule is Cc1ccc(-n2cc3c(N4CCN(C)[C@@H](C(=O)NCc5ccc6sccc6c5)C4)ncnc3n2)cc1F. The summed E-state index contributed by atoms with van der Waals surface area (Å²) in [5, 5.41) is 11.7. The molecule has 1 aliphatic heterocycles. The van der Waals surface area contributed by atoms with E-state index < -0.39 is 0 Å². The molecular weight excluding hydrogens is 489 g/mol. The molecule has 1 amide bonds. The number of aromatic nitrogens is 4. The molecule has 8 nitrogen and oxygen atoms in total. The fourth-order valence-corrected chi connectivity index (χ4v) is 5.49. The third-order valence-electron chi connectivity index (χ3n) is 6.95. The number of nitrogens with one attached hydrogen (secondary N) is 1. The second-order valence-electron chi connectivity index (χ2n) is 9.39. The first-order valence-electron chi connectivity index (χ1n) is 12.1. The van der Waals surface area contributed by atoms with E-state index in [1.807, 2.05) is 19.3 Å². The van der Waals surface area contributed by atoms with Crippen LogP contribution in [0.2, 0.25) is 0 Å². The van der Waals surface area contributed by atoms with Crippen LogP contribution in [0.1, 0.15) is 11.1 Å². The molecule has 1 saturated heterocycles. The highest BCUT2D eigenvalue weighted by molar-refractivity contribution is 7.17. The second kappa shape index (κ2) is 9.53. The van der Waals surface area contributed by atoms with Crippen molar-refractivity contribution < 1.29 is 9.18 Å². The lowest BCUT2D eigenvalue weighted by molar-refractivity contribution is -0.126. The fourth-order valence-electron chi connectivity index (χ4n) is 4.72. The minimum Gasteiger partial charge on any atom is -0.353 e. The largest absolute Gasteiger partial charge is 0.353 e. The average molecular weight is 516 g/mol. The molecule has 5 aromatic rings. The molecule has 0 bridgehead atoms. The van der Waals surface area contributed by atoms with Crippen molar-refractivity contribution in [3.05, 3.63) is 77.3 Å². The van der Waals surface area contributed by atoms with Crippen molar-refractivity contribution in [3.8, 4) is 5.69 Å². The molecule has 1 aliphatic rings. The lowest BCUT2D eigenvalue weighted by Gasteiger charge is -2.39. The van der Waals surface area contributed by atoms with Crippen LogP contribution in [0.4, 0.5) is 10.2 Å². The molecule has 3 aromatic heterocycles. The average Bonchev–Trinajstić information content (AvgIpc) is 3.56. The molecule has 0 unspecified atom stereocenters. The summed E-state index contributed by atoms with van der Waals surface area (Å²) in [5.74, 6) is 0.415. The van der Waals surface area contributed by atoms with Crippen LogP contribution in [0.15, 0.2) is 60.4 Å². The van der Waals surface area contributed by atoms with Crippen LogP contribution in [0.25, 0.3) is 26.8 Å². The molecule has 1 fully saturated rings. The monoisotopic (exact) mass is 515 g/mol. The van der Waals surface area contributed by atoms with E-state index >= 15 is 0 Å². The van der Waals surface area contributed by atoms with Gasteiger partial charge in [-0.05, 0) is 66.2 Å². The topological polar surface area (TPSA) is 79.2 Å². The maximum absolute atomic E-state index is 14.2. The number of thiophene rings is 1. The Morgan fingerprint density at radius 1 is 1.16 bits per heavy atom. The van der Waals surface area contributed by atoms with Crippen LogP contribution in [-0.4, -0.2) is 63.3 Å². The first-order valence-corrected chi connectivity index (χ1v) is 13.0. The number of amides is 1. The Balaban J connectivity index is 1.21. The van der Waals surface area contributed by atoms with E-state index in [1.165, 1.54) is 22.5 Å². The Kier molecular flexibility index (Phi) is 6.05. The van der Waals surface area contributed by atoms with Gasteiger partial charge < -0.3 is 10.2 Å². The van der Waals surface area contributed by atoms with Crippen LogP contribution >= 0.6 is 11.3 Å². The zero-order chi connectivity index (χ0) is 25.5. The van der Waals surface area contributed by atoms with Gasteiger partial charge in [-0.25, -0.2) is 19.0 Å². The minimum atomic E-state index is -0.329. The molecule has 188 valence electrons. The van der Waals surface area contributed by atoms with Crippen molar-refractivity contribution in [1.82, 2.24) is 30.0 Å². The lowest BCUT2D eigenvalue weighted by atomic mass is 10.1. The number of carbonyl (C=O) groups excluding carboxylic acids is 1. The highest BCUT2D eigenvalue weighted by atomic mass is 32.1. The van der Waals surface area contributed by atoms with Crippen molar-refractivity contribution in [1.29, 1.82) is 0 Å². The molecule has 1 atom stereocenters. The minimum absolute atomic E-state index is 0.0197. The number of carbonyl (C=O) groups is 1. The fraction of sp³-hybridized carbons (Fsp3) is 0.259. The van der Waals surface area contributed by atoms with E-state index in [9.17, 15) is 9.18 Å². The first kappa shape index (κ1) is 23.5. The second-order valence-corrected chi connectivity index (χ2v) is 10.3. The summed E-state index contributed by atoms with van der Waals surface area (Å²) in [6.45, 7) is 4.12. The predicted molar refractivity (Wildman–Crippen MR) is 144 cm³/mol. The van der Waals surface area contributed by atoms with E-state index in [-0.39, 0.29) is 17.8 Å². The molecule has 0 spiro atoms.